The molecule has 2 atom stereocenters. The normalized spacial score (nSPS) is 22.9. The molecule has 1 N–H and O–H groups in total. The van der Waals surface area contributed by atoms with Crippen LogP contribution >= 0.6 is 0 Å². The molecule has 23 heavy (non-hydrogen) atoms. The highest BCUT2D eigenvalue weighted by Gasteiger charge is 2.31. The van der Waals surface area contributed by atoms with E-state index in [1.807, 2.05) is 24.3 Å². The van der Waals surface area contributed by atoms with Gasteiger partial charge >= 0.3 is 0 Å². The van der Waals surface area contributed by atoms with Crippen LogP contribution in [0, 0.1) is 5.92 Å². The quantitative estimate of drug-likeness (QED) is 0.503. The Bertz CT molecular complexity index is 654. The van der Waals surface area contributed by atoms with Crippen LogP contribution in [-0.4, -0.2) is 5.11 Å². The predicted molar refractivity (Wildman–Crippen MR) is 99.5 cm³/mol. The van der Waals surface area contributed by atoms with Gasteiger partial charge in [0.15, 0.2) is 0 Å². The maximum absolute atomic E-state index is 9.67. The first-order valence-electron chi connectivity index (χ1n) is 8.15. The van der Waals surface area contributed by atoms with Crippen molar-refractivity contribution in [1.29, 1.82) is 0 Å². The highest BCUT2D eigenvalue weighted by molar-refractivity contribution is 5.43. The Morgan fingerprint density at radius 2 is 1.91 bits per heavy atom. The molecule has 2 rings (SSSR count). The van der Waals surface area contributed by atoms with Gasteiger partial charge in [0.05, 0.1) is 5.76 Å². The Kier molecular flexibility index (Phi) is 5.81. The minimum atomic E-state index is 0.305. The van der Waals surface area contributed by atoms with Gasteiger partial charge in [-0.25, -0.2) is 0 Å². The first-order chi connectivity index (χ1) is 11.1. The van der Waals surface area contributed by atoms with Crippen molar-refractivity contribution in [1.82, 2.24) is 0 Å². The summed E-state index contributed by atoms with van der Waals surface area (Å²) in [5.74, 6) is 1.07. The number of aliphatic hydroxyl groups is 1. The van der Waals surface area contributed by atoms with Crippen molar-refractivity contribution in [3.63, 3.8) is 0 Å². The molecule has 0 aliphatic heterocycles. The third-order valence-corrected chi connectivity index (χ3v) is 4.62. The van der Waals surface area contributed by atoms with E-state index >= 15 is 0 Å². The van der Waals surface area contributed by atoms with E-state index in [9.17, 15) is 5.11 Å². The molecule has 0 spiro atoms. The lowest BCUT2D eigenvalue weighted by atomic mass is 9.69. The second-order valence-electron chi connectivity index (χ2n) is 6.13. The van der Waals surface area contributed by atoms with Crippen molar-refractivity contribution >= 4 is 0 Å². The Balaban J connectivity index is 2.56. The fourth-order valence-corrected chi connectivity index (χ4v) is 3.60. The highest BCUT2D eigenvalue weighted by atomic mass is 16.3. The molecule has 1 aliphatic carbocycles. The fourth-order valence-electron chi connectivity index (χ4n) is 3.60. The largest absolute Gasteiger partial charge is 0.513 e. The Hall–Kier alpha value is -2.28. The molecule has 1 nitrogen and oxygen atoms in total. The summed E-state index contributed by atoms with van der Waals surface area (Å²) in [4.78, 5) is 0. The third-order valence-electron chi connectivity index (χ3n) is 4.62. The summed E-state index contributed by atoms with van der Waals surface area (Å²) in [5.41, 5.74) is 5.12. The molecule has 1 aliphatic rings. The van der Waals surface area contributed by atoms with Crippen LogP contribution in [0.5, 0.6) is 0 Å². The summed E-state index contributed by atoms with van der Waals surface area (Å²) >= 11 is 0. The summed E-state index contributed by atoms with van der Waals surface area (Å²) < 4.78 is 0. The number of allylic oxidation sites excluding steroid dienone is 8. The van der Waals surface area contributed by atoms with Gasteiger partial charge in [0.1, 0.15) is 0 Å². The Morgan fingerprint density at radius 3 is 2.48 bits per heavy atom. The maximum Gasteiger partial charge on any atom is 0.0894 e. The second kappa shape index (κ2) is 7.82. The van der Waals surface area contributed by atoms with E-state index in [2.05, 4.69) is 50.4 Å². The lowest BCUT2D eigenvalue weighted by Crippen LogP contribution is -2.21. The third kappa shape index (κ3) is 3.92. The molecule has 0 radical (unpaired) electrons. The van der Waals surface area contributed by atoms with Gasteiger partial charge in [0.25, 0.3) is 0 Å². The number of rotatable bonds is 5. The van der Waals surface area contributed by atoms with Crippen molar-refractivity contribution in [3.8, 4) is 0 Å². The van der Waals surface area contributed by atoms with Crippen molar-refractivity contribution in [2.24, 2.45) is 5.92 Å². The van der Waals surface area contributed by atoms with Crippen LogP contribution in [0.2, 0.25) is 0 Å². The molecule has 1 heteroatoms. The van der Waals surface area contributed by atoms with Crippen LogP contribution < -0.4 is 0 Å². The average Bonchev–Trinajstić information content (AvgIpc) is 2.55. The first kappa shape index (κ1) is 17.1. The van der Waals surface area contributed by atoms with E-state index in [-0.39, 0.29) is 0 Å². The summed E-state index contributed by atoms with van der Waals surface area (Å²) in [6, 6.07) is 10.6. The number of benzene rings is 1. The molecule has 1 aromatic rings. The smallest absolute Gasteiger partial charge is 0.0894 e. The van der Waals surface area contributed by atoms with Gasteiger partial charge in [0, 0.05) is 5.92 Å². The van der Waals surface area contributed by atoms with E-state index in [0.29, 0.717) is 17.6 Å². The van der Waals surface area contributed by atoms with Crippen LogP contribution in [0.25, 0.3) is 0 Å². The van der Waals surface area contributed by atoms with E-state index in [1.54, 1.807) is 6.92 Å². The second-order valence-corrected chi connectivity index (χ2v) is 6.13. The first-order valence-corrected chi connectivity index (χ1v) is 8.15. The lowest BCUT2D eigenvalue weighted by molar-refractivity contribution is 0.411. The van der Waals surface area contributed by atoms with Gasteiger partial charge in [0.2, 0.25) is 0 Å². The van der Waals surface area contributed by atoms with Crippen molar-refractivity contribution in [2.45, 2.75) is 32.6 Å². The van der Waals surface area contributed by atoms with Crippen LogP contribution in [0.1, 0.15) is 38.2 Å². The fraction of sp³-hybridized carbons (Fsp3) is 0.273. The molecule has 0 saturated heterocycles. The minimum absolute atomic E-state index is 0.305. The predicted octanol–water partition coefficient (Wildman–Crippen LogP) is 6.26. The summed E-state index contributed by atoms with van der Waals surface area (Å²) in [6.45, 7) is 11.7. The zero-order valence-corrected chi connectivity index (χ0v) is 14.1. The zero-order chi connectivity index (χ0) is 16.8. The molecule has 0 amide bonds. The van der Waals surface area contributed by atoms with Gasteiger partial charge in [-0.1, -0.05) is 67.3 Å². The van der Waals surface area contributed by atoms with Gasteiger partial charge in [-0.15, -0.1) is 0 Å². The van der Waals surface area contributed by atoms with E-state index in [4.69, 9.17) is 0 Å². The van der Waals surface area contributed by atoms with Crippen molar-refractivity contribution in [3.05, 3.63) is 95.8 Å². The van der Waals surface area contributed by atoms with Crippen LogP contribution in [0.3, 0.4) is 0 Å². The van der Waals surface area contributed by atoms with E-state index in [1.165, 1.54) is 22.3 Å². The van der Waals surface area contributed by atoms with Crippen LogP contribution in [0.4, 0.5) is 0 Å². The highest BCUT2D eigenvalue weighted by Crippen LogP contribution is 2.45. The topological polar surface area (TPSA) is 20.2 Å². The molecule has 120 valence electrons. The van der Waals surface area contributed by atoms with Gasteiger partial charge < -0.3 is 5.11 Å². The zero-order valence-electron chi connectivity index (χ0n) is 14.1. The summed E-state index contributed by atoms with van der Waals surface area (Å²) in [5, 5.41) is 9.67. The average molecular weight is 306 g/mol. The molecule has 0 saturated carbocycles. The lowest BCUT2D eigenvalue weighted by Gasteiger charge is -2.35. The van der Waals surface area contributed by atoms with Gasteiger partial charge in [-0.05, 0) is 55.4 Å². The number of hydrogen-bond acceptors (Lipinski definition) is 1. The molecular formula is C22H26O. The summed E-state index contributed by atoms with van der Waals surface area (Å²) in [7, 11) is 0. The van der Waals surface area contributed by atoms with E-state index < -0.39 is 0 Å². The molecular weight excluding hydrogens is 280 g/mol. The molecule has 0 heterocycles. The van der Waals surface area contributed by atoms with Gasteiger partial charge in [-0.3, -0.25) is 0 Å². The van der Waals surface area contributed by atoms with Crippen molar-refractivity contribution in [2.75, 3.05) is 0 Å². The summed E-state index contributed by atoms with van der Waals surface area (Å²) in [6.07, 6.45) is 9.78. The standard InChI is InChI=1S/C22H26O/c1-5-10-18(6-2)21-14-13-20(15-16(3)23)17(4)22(21)19-11-8-7-9-12-19/h5-12,15,21-23H,1-2,13-14H2,3-4H3/b16-15+,18-10+/t21-,22+/m1/s1. The minimum Gasteiger partial charge on any atom is -0.513 e. The molecule has 0 aromatic heterocycles. The molecule has 0 unspecified atom stereocenters. The SMILES string of the molecule is C=C/C=C(\C=C)[C@H]1CCC(/C=C(\C)O)=C(C)[C@H]1c1ccccc1. The van der Waals surface area contributed by atoms with Crippen LogP contribution in [0.15, 0.2) is 90.3 Å². The molecule has 1 aromatic carbocycles. The Labute approximate surface area is 140 Å². The molecule has 0 bridgehead atoms. The van der Waals surface area contributed by atoms with E-state index in [0.717, 1.165) is 12.8 Å². The maximum atomic E-state index is 9.67. The number of aliphatic hydroxyl groups excluding tert-OH is 1. The Morgan fingerprint density at radius 1 is 1.22 bits per heavy atom. The molecule has 0 fully saturated rings. The van der Waals surface area contributed by atoms with Crippen LogP contribution in [-0.2, 0) is 0 Å². The monoisotopic (exact) mass is 306 g/mol. The van der Waals surface area contributed by atoms with Gasteiger partial charge in [-0.2, -0.15) is 0 Å². The van der Waals surface area contributed by atoms with Crippen molar-refractivity contribution < 1.29 is 5.11 Å². The number of hydrogen-bond donors (Lipinski definition) is 1.